The van der Waals surface area contributed by atoms with Crippen molar-refractivity contribution in [1.82, 2.24) is 0 Å². The van der Waals surface area contributed by atoms with Crippen molar-refractivity contribution in [2.45, 2.75) is 6.18 Å². The number of benzene rings is 2. The lowest BCUT2D eigenvalue weighted by Crippen LogP contribution is -2.17. The Labute approximate surface area is 115 Å². The molecule has 110 valence electrons. The van der Waals surface area contributed by atoms with E-state index in [2.05, 4.69) is 4.74 Å². The van der Waals surface area contributed by atoms with Crippen LogP contribution in [0.5, 0.6) is 5.75 Å². The SMILES string of the molecule is O=C(Oc1cc(F)cc(F)c1)c1ccccc1C(F)(F)F. The Morgan fingerprint density at radius 1 is 0.952 bits per heavy atom. The minimum atomic E-state index is -4.75. The van der Waals surface area contributed by atoms with E-state index in [9.17, 15) is 26.7 Å². The molecule has 0 aliphatic rings. The highest BCUT2D eigenvalue weighted by Crippen LogP contribution is 2.32. The maximum Gasteiger partial charge on any atom is 0.417 e. The molecule has 2 rings (SSSR count). The van der Waals surface area contributed by atoms with Crippen LogP contribution in [0.25, 0.3) is 0 Å². The second-order valence-corrected chi connectivity index (χ2v) is 4.04. The molecule has 0 bridgehead atoms. The zero-order valence-electron chi connectivity index (χ0n) is 10.2. The molecular weight excluding hydrogens is 295 g/mol. The van der Waals surface area contributed by atoms with Gasteiger partial charge in [-0.1, -0.05) is 12.1 Å². The van der Waals surface area contributed by atoms with Crippen LogP contribution < -0.4 is 4.74 Å². The van der Waals surface area contributed by atoms with Gasteiger partial charge in [0.2, 0.25) is 0 Å². The van der Waals surface area contributed by atoms with Gasteiger partial charge >= 0.3 is 12.1 Å². The third kappa shape index (κ3) is 3.56. The highest BCUT2D eigenvalue weighted by Gasteiger charge is 2.35. The van der Waals surface area contributed by atoms with Gasteiger partial charge < -0.3 is 4.74 Å². The van der Waals surface area contributed by atoms with E-state index >= 15 is 0 Å². The molecule has 0 heterocycles. The largest absolute Gasteiger partial charge is 0.423 e. The number of carbonyl (C=O) groups is 1. The summed E-state index contributed by atoms with van der Waals surface area (Å²) in [6, 6.07) is 5.89. The Morgan fingerprint density at radius 3 is 2.10 bits per heavy atom. The average molecular weight is 302 g/mol. The second kappa shape index (κ2) is 5.51. The zero-order valence-corrected chi connectivity index (χ0v) is 10.2. The minimum absolute atomic E-state index is 0.519. The molecule has 0 saturated carbocycles. The number of hydrogen-bond acceptors (Lipinski definition) is 2. The number of carbonyl (C=O) groups excluding carboxylic acids is 1. The van der Waals surface area contributed by atoms with Gasteiger partial charge in [-0.25, -0.2) is 13.6 Å². The van der Waals surface area contributed by atoms with Crippen LogP contribution in [-0.4, -0.2) is 5.97 Å². The number of esters is 1. The Morgan fingerprint density at radius 2 is 1.52 bits per heavy atom. The number of ether oxygens (including phenoxy) is 1. The zero-order chi connectivity index (χ0) is 15.6. The molecule has 0 spiro atoms. The summed E-state index contributed by atoms with van der Waals surface area (Å²) in [5, 5.41) is 0. The summed E-state index contributed by atoms with van der Waals surface area (Å²) < 4.78 is 68.7. The molecule has 0 fully saturated rings. The van der Waals surface area contributed by atoms with Crippen LogP contribution in [0.15, 0.2) is 42.5 Å². The number of halogens is 5. The van der Waals surface area contributed by atoms with Crippen LogP contribution in [0.3, 0.4) is 0 Å². The molecule has 0 aromatic heterocycles. The molecule has 21 heavy (non-hydrogen) atoms. The third-order valence-corrected chi connectivity index (χ3v) is 2.50. The molecule has 0 radical (unpaired) electrons. The van der Waals surface area contributed by atoms with Crippen molar-refractivity contribution in [2.24, 2.45) is 0 Å². The van der Waals surface area contributed by atoms with E-state index in [1.54, 1.807) is 0 Å². The van der Waals surface area contributed by atoms with Gasteiger partial charge in [-0.3, -0.25) is 0 Å². The summed E-state index contributed by atoms with van der Waals surface area (Å²) in [5.41, 5.74) is -1.93. The predicted octanol–water partition coefficient (Wildman–Crippen LogP) is 4.20. The van der Waals surface area contributed by atoms with E-state index in [4.69, 9.17) is 0 Å². The Bertz CT molecular complexity index is 659. The number of hydrogen-bond donors (Lipinski definition) is 0. The van der Waals surface area contributed by atoms with Crippen molar-refractivity contribution in [2.75, 3.05) is 0 Å². The standard InChI is InChI=1S/C14H7F5O2/c15-8-5-9(16)7-10(6-8)21-13(20)11-3-1-2-4-12(11)14(17,18)19/h1-7H. The van der Waals surface area contributed by atoms with Gasteiger partial charge in [0, 0.05) is 18.2 Å². The lowest BCUT2D eigenvalue weighted by Gasteiger charge is -2.12. The fourth-order valence-electron chi connectivity index (χ4n) is 1.66. The lowest BCUT2D eigenvalue weighted by atomic mass is 10.1. The molecule has 0 aliphatic carbocycles. The molecule has 2 nitrogen and oxygen atoms in total. The highest BCUT2D eigenvalue weighted by atomic mass is 19.4. The van der Waals surface area contributed by atoms with Gasteiger partial charge in [-0.05, 0) is 12.1 Å². The summed E-state index contributed by atoms with van der Waals surface area (Å²) in [6.07, 6.45) is -4.75. The summed E-state index contributed by atoms with van der Waals surface area (Å²) in [6.45, 7) is 0. The monoisotopic (exact) mass is 302 g/mol. The van der Waals surface area contributed by atoms with Gasteiger partial charge in [0.15, 0.2) is 0 Å². The maximum absolute atomic E-state index is 12.9. The van der Waals surface area contributed by atoms with Gasteiger partial charge in [0.05, 0.1) is 11.1 Å². The maximum atomic E-state index is 12.9. The Hall–Kier alpha value is -2.44. The molecule has 2 aromatic rings. The van der Waals surface area contributed by atoms with Crippen LogP contribution >= 0.6 is 0 Å². The molecular formula is C14H7F5O2. The Kier molecular flexibility index (Phi) is 3.93. The van der Waals surface area contributed by atoms with E-state index in [-0.39, 0.29) is 0 Å². The fraction of sp³-hybridized carbons (Fsp3) is 0.0714. The summed E-state index contributed by atoms with van der Waals surface area (Å²) in [4.78, 5) is 11.7. The van der Waals surface area contributed by atoms with E-state index in [0.717, 1.165) is 12.1 Å². The first-order valence-electron chi connectivity index (χ1n) is 5.62. The third-order valence-electron chi connectivity index (χ3n) is 2.50. The fourth-order valence-corrected chi connectivity index (χ4v) is 1.66. The summed E-state index contributed by atoms with van der Waals surface area (Å²) >= 11 is 0. The van der Waals surface area contributed by atoms with Crippen molar-refractivity contribution < 1.29 is 31.5 Å². The molecule has 0 unspecified atom stereocenters. The quantitative estimate of drug-likeness (QED) is 0.472. The summed E-state index contributed by atoms with van der Waals surface area (Å²) in [7, 11) is 0. The van der Waals surface area contributed by atoms with Crippen LogP contribution in [0, 0.1) is 11.6 Å². The first-order chi connectivity index (χ1) is 9.77. The van der Waals surface area contributed by atoms with Crippen molar-refractivity contribution >= 4 is 5.97 Å². The van der Waals surface area contributed by atoms with Crippen molar-refractivity contribution in [3.05, 3.63) is 65.2 Å². The van der Waals surface area contributed by atoms with Crippen molar-refractivity contribution in [1.29, 1.82) is 0 Å². The van der Waals surface area contributed by atoms with Crippen LogP contribution in [0.2, 0.25) is 0 Å². The van der Waals surface area contributed by atoms with E-state index < -0.39 is 40.7 Å². The number of alkyl halides is 3. The van der Waals surface area contributed by atoms with Gasteiger partial charge in [0.1, 0.15) is 17.4 Å². The molecule has 0 atom stereocenters. The molecule has 2 aromatic carbocycles. The van der Waals surface area contributed by atoms with E-state index in [0.29, 0.717) is 24.3 Å². The van der Waals surface area contributed by atoms with Crippen molar-refractivity contribution in [3.8, 4) is 5.75 Å². The Balaban J connectivity index is 2.33. The molecule has 0 saturated heterocycles. The first-order valence-corrected chi connectivity index (χ1v) is 5.62. The smallest absolute Gasteiger partial charge is 0.417 e. The lowest BCUT2D eigenvalue weighted by molar-refractivity contribution is -0.138. The normalized spacial score (nSPS) is 11.3. The van der Waals surface area contributed by atoms with Crippen molar-refractivity contribution in [3.63, 3.8) is 0 Å². The highest BCUT2D eigenvalue weighted by molar-refractivity contribution is 5.92. The van der Waals surface area contributed by atoms with Gasteiger partial charge in [-0.15, -0.1) is 0 Å². The van der Waals surface area contributed by atoms with E-state index in [1.165, 1.54) is 6.07 Å². The molecule has 0 aliphatic heterocycles. The average Bonchev–Trinajstić information content (AvgIpc) is 2.36. The molecule has 7 heteroatoms. The van der Waals surface area contributed by atoms with Crippen LogP contribution in [0.4, 0.5) is 22.0 Å². The predicted molar refractivity (Wildman–Crippen MR) is 62.8 cm³/mol. The number of rotatable bonds is 2. The van der Waals surface area contributed by atoms with Crippen LogP contribution in [-0.2, 0) is 6.18 Å². The molecule has 0 amide bonds. The van der Waals surface area contributed by atoms with Gasteiger partial charge in [0.25, 0.3) is 0 Å². The van der Waals surface area contributed by atoms with Gasteiger partial charge in [-0.2, -0.15) is 13.2 Å². The molecule has 0 N–H and O–H groups in total. The van der Waals surface area contributed by atoms with Crippen LogP contribution in [0.1, 0.15) is 15.9 Å². The first kappa shape index (κ1) is 15.0. The topological polar surface area (TPSA) is 26.3 Å². The van der Waals surface area contributed by atoms with E-state index in [1.807, 2.05) is 0 Å². The second-order valence-electron chi connectivity index (χ2n) is 4.04. The summed E-state index contributed by atoms with van der Waals surface area (Å²) in [5.74, 6) is -3.90. The minimum Gasteiger partial charge on any atom is -0.423 e.